The van der Waals surface area contributed by atoms with Crippen molar-refractivity contribution in [2.45, 2.75) is 6.92 Å². The molecule has 1 heterocycles. The van der Waals surface area contributed by atoms with E-state index in [9.17, 15) is 19.2 Å². The summed E-state index contributed by atoms with van der Waals surface area (Å²) in [6, 6.07) is 6.28. The maximum atomic E-state index is 11.9. The minimum atomic E-state index is -0.842. The fourth-order valence-electron chi connectivity index (χ4n) is 2.18. The van der Waals surface area contributed by atoms with Gasteiger partial charge in [-0.1, -0.05) is 12.1 Å². The number of rotatable bonds is 7. The maximum absolute atomic E-state index is 11.9. The van der Waals surface area contributed by atoms with E-state index in [0.717, 1.165) is 4.90 Å². The van der Waals surface area contributed by atoms with Gasteiger partial charge in [0.2, 0.25) is 0 Å². The van der Waals surface area contributed by atoms with Crippen LogP contribution in [0.5, 0.6) is 5.75 Å². The van der Waals surface area contributed by atoms with Gasteiger partial charge in [0.05, 0.1) is 12.3 Å². The number of ether oxygens (including phenoxy) is 2. The van der Waals surface area contributed by atoms with Gasteiger partial charge in [-0.05, 0) is 19.1 Å². The van der Waals surface area contributed by atoms with Crippen molar-refractivity contribution in [1.29, 1.82) is 0 Å². The molecule has 0 unspecified atom stereocenters. The molecule has 1 aliphatic rings. The highest BCUT2D eigenvalue weighted by Gasteiger charge is 2.35. The van der Waals surface area contributed by atoms with Crippen molar-refractivity contribution in [1.82, 2.24) is 9.80 Å². The van der Waals surface area contributed by atoms with E-state index in [0.29, 0.717) is 18.0 Å². The fourth-order valence-corrected chi connectivity index (χ4v) is 2.18. The molecular formula is C16H19N3O6. The first kappa shape index (κ1) is 18.2. The zero-order valence-corrected chi connectivity index (χ0v) is 14.0. The lowest BCUT2D eigenvalue weighted by Gasteiger charge is -2.14. The molecule has 4 amide bonds. The number of carbonyl (C=O) groups is 4. The lowest BCUT2D eigenvalue weighted by Crippen LogP contribution is -2.37. The van der Waals surface area contributed by atoms with Crippen LogP contribution in [0.2, 0.25) is 0 Å². The quantitative estimate of drug-likeness (QED) is 0.566. The number of nitrogens with zero attached hydrogens (tertiary/aromatic N) is 2. The minimum absolute atomic E-state index is 0.0825. The summed E-state index contributed by atoms with van der Waals surface area (Å²) in [7, 11) is 1.45. The molecule has 0 aromatic heterocycles. The number of hydrogen-bond donors (Lipinski definition) is 1. The van der Waals surface area contributed by atoms with Crippen LogP contribution in [0, 0.1) is 0 Å². The topological polar surface area (TPSA) is 105 Å². The summed E-state index contributed by atoms with van der Waals surface area (Å²) in [5, 5.41) is 2.57. The Morgan fingerprint density at radius 1 is 1.24 bits per heavy atom. The van der Waals surface area contributed by atoms with Gasteiger partial charge in [0.25, 0.3) is 11.8 Å². The fraction of sp³-hybridized carbons (Fsp3) is 0.375. The Kier molecular flexibility index (Phi) is 5.93. The van der Waals surface area contributed by atoms with E-state index in [-0.39, 0.29) is 6.54 Å². The van der Waals surface area contributed by atoms with Crippen molar-refractivity contribution in [2.75, 3.05) is 38.7 Å². The smallest absolute Gasteiger partial charge is 0.327 e. The monoisotopic (exact) mass is 349 g/mol. The zero-order valence-electron chi connectivity index (χ0n) is 14.0. The highest BCUT2D eigenvalue weighted by molar-refractivity contribution is 6.04. The number of nitrogens with one attached hydrogen (secondary N) is 1. The lowest BCUT2D eigenvalue weighted by molar-refractivity contribution is -0.149. The van der Waals surface area contributed by atoms with E-state index < -0.39 is 37.0 Å². The molecule has 9 heteroatoms. The number of amides is 4. The van der Waals surface area contributed by atoms with E-state index in [1.165, 1.54) is 11.9 Å². The molecule has 1 aromatic rings. The molecule has 0 radical (unpaired) electrons. The van der Waals surface area contributed by atoms with Gasteiger partial charge in [-0.2, -0.15) is 0 Å². The average Bonchev–Trinajstić information content (AvgIpc) is 2.81. The van der Waals surface area contributed by atoms with Gasteiger partial charge in [-0.15, -0.1) is 0 Å². The third-order valence-corrected chi connectivity index (χ3v) is 3.34. The van der Waals surface area contributed by atoms with E-state index in [1.807, 2.05) is 6.92 Å². The van der Waals surface area contributed by atoms with Gasteiger partial charge in [-0.25, -0.2) is 4.79 Å². The van der Waals surface area contributed by atoms with Crippen molar-refractivity contribution in [2.24, 2.45) is 0 Å². The summed E-state index contributed by atoms with van der Waals surface area (Å²) in [6.07, 6.45) is 0. The number of anilines is 1. The number of carbonyl (C=O) groups excluding carboxylic acids is 4. The highest BCUT2D eigenvalue weighted by Crippen LogP contribution is 2.23. The van der Waals surface area contributed by atoms with Crippen molar-refractivity contribution < 1.29 is 28.7 Å². The Balaban J connectivity index is 1.83. The third kappa shape index (κ3) is 4.69. The molecule has 0 aliphatic carbocycles. The van der Waals surface area contributed by atoms with Gasteiger partial charge < -0.3 is 19.7 Å². The summed E-state index contributed by atoms with van der Waals surface area (Å²) in [6.45, 7) is 1.12. The molecule has 0 atom stereocenters. The number of para-hydroxylation sites is 2. The van der Waals surface area contributed by atoms with Crippen molar-refractivity contribution >= 4 is 29.5 Å². The van der Waals surface area contributed by atoms with Gasteiger partial charge in [0.1, 0.15) is 18.8 Å². The number of likely N-dealkylation sites (N-methyl/N-ethyl adjacent to an activating group) is 1. The van der Waals surface area contributed by atoms with Crippen LogP contribution in [0.3, 0.4) is 0 Å². The Morgan fingerprint density at radius 2 is 1.96 bits per heavy atom. The van der Waals surface area contributed by atoms with E-state index in [4.69, 9.17) is 9.47 Å². The number of hydrogen-bond acceptors (Lipinski definition) is 6. The predicted octanol–water partition coefficient (Wildman–Crippen LogP) is 0.461. The molecule has 1 fully saturated rings. The Labute approximate surface area is 144 Å². The summed E-state index contributed by atoms with van der Waals surface area (Å²) in [5.74, 6) is -1.39. The summed E-state index contributed by atoms with van der Waals surface area (Å²) in [4.78, 5) is 48.8. The normalized spacial score (nSPS) is 13.8. The summed E-state index contributed by atoms with van der Waals surface area (Å²) in [5.41, 5.74) is 0.455. The second kappa shape index (κ2) is 8.13. The van der Waals surface area contributed by atoms with Gasteiger partial charge in [0, 0.05) is 7.05 Å². The standard InChI is InChI=1S/C16H19N3O6/c1-3-24-12-7-5-4-6-11(12)17-13(20)10-25-15(22)9-19-14(21)8-18(2)16(19)23/h4-7H,3,8-10H2,1-2H3,(H,17,20). The molecule has 1 aliphatic heterocycles. The average molecular weight is 349 g/mol. The first-order valence-electron chi connectivity index (χ1n) is 7.65. The SMILES string of the molecule is CCOc1ccccc1NC(=O)COC(=O)CN1C(=O)CN(C)C1=O. The molecule has 1 N–H and O–H groups in total. The Morgan fingerprint density at radius 3 is 2.60 bits per heavy atom. The molecule has 0 spiro atoms. The van der Waals surface area contributed by atoms with Gasteiger partial charge in [-0.3, -0.25) is 19.3 Å². The molecule has 0 bridgehead atoms. The zero-order chi connectivity index (χ0) is 18.4. The van der Waals surface area contributed by atoms with Crippen LogP contribution in [-0.4, -0.2) is 67.0 Å². The summed E-state index contributed by atoms with van der Waals surface area (Å²) >= 11 is 0. The van der Waals surface area contributed by atoms with Crippen molar-refractivity contribution in [3.8, 4) is 5.75 Å². The largest absolute Gasteiger partial charge is 0.492 e. The molecule has 1 aromatic carbocycles. The maximum Gasteiger partial charge on any atom is 0.327 e. The van der Waals surface area contributed by atoms with Crippen LogP contribution in [0.4, 0.5) is 10.5 Å². The van der Waals surface area contributed by atoms with Crippen LogP contribution in [0.25, 0.3) is 0 Å². The Bertz CT molecular complexity index is 690. The van der Waals surface area contributed by atoms with Crippen LogP contribution in [-0.2, 0) is 19.1 Å². The highest BCUT2D eigenvalue weighted by atomic mass is 16.5. The molecule has 0 saturated carbocycles. The number of urea groups is 1. The first-order valence-corrected chi connectivity index (χ1v) is 7.65. The predicted molar refractivity (Wildman–Crippen MR) is 86.9 cm³/mol. The van der Waals surface area contributed by atoms with E-state index >= 15 is 0 Å². The van der Waals surface area contributed by atoms with Crippen molar-refractivity contribution in [3.05, 3.63) is 24.3 Å². The van der Waals surface area contributed by atoms with Crippen molar-refractivity contribution in [3.63, 3.8) is 0 Å². The number of benzene rings is 1. The molecule has 9 nitrogen and oxygen atoms in total. The first-order chi connectivity index (χ1) is 11.9. The minimum Gasteiger partial charge on any atom is -0.492 e. The van der Waals surface area contributed by atoms with Gasteiger partial charge >= 0.3 is 12.0 Å². The molecule has 1 saturated heterocycles. The molecule has 2 rings (SSSR count). The molecular weight excluding hydrogens is 330 g/mol. The summed E-state index contributed by atoms with van der Waals surface area (Å²) < 4.78 is 10.2. The number of esters is 1. The molecule has 25 heavy (non-hydrogen) atoms. The third-order valence-electron chi connectivity index (χ3n) is 3.34. The number of imide groups is 1. The van der Waals surface area contributed by atoms with E-state index in [2.05, 4.69) is 5.32 Å². The Hall–Kier alpha value is -3.10. The van der Waals surface area contributed by atoms with Gasteiger partial charge in [0.15, 0.2) is 6.61 Å². The lowest BCUT2D eigenvalue weighted by atomic mass is 10.3. The second-order valence-electron chi connectivity index (χ2n) is 5.26. The molecule has 134 valence electrons. The van der Waals surface area contributed by atoms with Crippen LogP contribution < -0.4 is 10.1 Å². The van der Waals surface area contributed by atoms with Crippen LogP contribution in [0.15, 0.2) is 24.3 Å². The van der Waals surface area contributed by atoms with E-state index in [1.54, 1.807) is 24.3 Å². The second-order valence-corrected chi connectivity index (χ2v) is 5.26. The van der Waals surface area contributed by atoms with Crippen LogP contribution in [0.1, 0.15) is 6.92 Å². The van der Waals surface area contributed by atoms with Crippen LogP contribution >= 0.6 is 0 Å².